The van der Waals surface area contributed by atoms with E-state index in [-0.39, 0.29) is 12.3 Å². The van der Waals surface area contributed by atoms with Crippen LogP contribution in [0.4, 0.5) is 0 Å². The van der Waals surface area contributed by atoms with E-state index in [2.05, 4.69) is 22.0 Å². The van der Waals surface area contributed by atoms with E-state index in [1.54, 1.807) is 0 Å². The zero-order valence-electron chi connectivity index (χ0n) is 11.2. The molecule has 0 aromatic carbocycles. The summed E-state index contributed by atoms with van der Waals surface area (Å²) in [5, 5.41) is 0. The molecule has 0 bridgehead atoms. The third-order valence-electron chi connectivity index (χ3n) is 3.28. The number of carbonyl (C=O) groups excluding carboxylic acids is 1. The minimum Gasteiger partial charge on any atom is -0.324 e. The minimum atomic E-state index is 0.0975. The number of aryl methyl sites for hydroxylation is 1. The van der Waals surface area contributed by atoms with Crippen LogP contribution in [-0.4, -0.2) is 46.8 Å². The van der Waals surface area contributed by atoms with E-state index in [0.29, 0.717) is 12.8 Å². The average Bonchev–Trinajstić information content (AvgIpc) is 2.46. The van der Waals surface area contributed by atoms with Crippen LogP contribution in [0.3, 0.4) is 0 Å². The highest BCUT2D eigenvalue weighted by molar-refractivity contribution is 7.99. The molecule has 0 saturated carbocycles. The third kappa shape index (κ3) is 4.93. The summed E-state index contributed by atoms with van der Waals surface area (Å²) in [7, 11) is 0. The van der Waals surface area contributed by atoms with Crippen molar-refractivity contribution in [2.75, 3.05) is 31.1 Å². The number of Topliss-reactive ketones (excluding diaryl/α,β-unsaturated/α-hetero) is 1. The Morgan fingerprint density at radius 1 is 1.42 bits per heavy atom. The van der Waals surface area contributed by atoms with Gasteiger partial charge in [0.1, 0.15) is 5.78 Å². The molecule has 1 aromatic rings. The topological polar surface area (TPSA) is 59.2 Å². The van der Waals surface area contributed by atoms with Gasteiger partial charge in [0.25, 0.3) is 0 Å². The first-order valence-electron chi connectivity index (χ1n) is 6.73. The molecule has 0 radical (unpaired) electrons. The lowest BCUT2D eigenvalue weighted by atomic mass is 10.1. The number of nitrogens with zero attached hydrogens (tertiary/aromatic N) is 2. The number of carbonyl (C=O) groups is 1. The molecule has 1 aliphatic heterocycles. The molecule has 2 heterocycles. The Morgan fingerprint density at radius 2 is 2.21 bits per heavy atom. The first kappa shape index (κ1) is 14.5. The van der Waals surface area contributed by atoms with Crippen LogP contribution >= 0.6 is 11.8 Å². The first-order chi connectivity index (χ1) is 9.28. The standard InChI is InChI=1S/C14H21N3OS/c15-10-14(18)2-1-13-9-12(3-4-16-13)11-17-5-7-19-8-6-17/h3-4,9H,1-2,5-8,10-11,15H2. The van der Waals surface area contributed by atoms with Gasteiger partial charge in [-0.15, -0.1) is 0 Å². The molecular formula is C14H21N3OS. The summed E-state index contributed by atoms with van der Waals surface area (Å²) < 4.78 is 0. The van der Waals surface area contributed by atoms with Crippen LogP contribution in [0, 0.1) is 0 Å². The van der Waals surface area contributed by atoms with Crippen LogP contribution < -0.4 is 5.73 Å². The van der Waals surface area contributed by atoms with Crippen LogP contribution in [0.15, 0.2) is 18.3 Å². The SMILES string of the molecule is NCC(=O)CCc1cc(CN2CCSCC2)ccn1. The quantitative estimate of drug-likeness (QED) is 0.845. The molecule has 0 amide bonds. The van der Waals surface area contributed by atoms with E-state index in [9.17, 15) is 4.79 Å². The predicted octanol–water partition coefficient (Wildman–Crippen LogP) is 1.09. The van der Waals surface area contributed by atoms with Crippen molar-refractivity contribution in [3.63, 3.8) is 0 Å². The monoisotopic (exact) mass is 279 g/mol. The maximum Gasteiger partial charge on any atom is 0.146 e. The third-order valence-corrected chi connectivity index (χ3v) is 4.22. The van der Waals surface area contributed by atoms with Gasteiger partial charge in [0.15, 0.2) is 0 Å². The summed E-state index contributed by atoms with van der Waals surface area (Å²) in [6, 6.07) is 4.18. The number of nitrogens with two attached hydrogens (primary N) is 1. The van der Waals surface area contributed by atoms with Gasteiger partial charge < -0.3 is 5.73 Å². The molecular weight excluding hydrogens is 258 g/mol. The average molecular weight is 279 g/mol. The van der Waals surface area contributed by atoms with Crippen LogP contribution in [0.2, 0.25) is 0 Å². The highest BCUT2D eigenvalue weighted by Gasteiger charge is 2.11. The molecule has 0 atom stereocenters. The number of thioether (sulfide) groups is 1. The van der Waals surface area contributed by atoms with Crippen LogP contribution in [0.1, 0.15) is 17.7 Å². The normalized spacial score (nSPS) is 16.5. The van der Waals surface area contributed by atoms with Crippen molar-refractivity contribution >= 4 is 17.5 Å². The molecule has 4 nitrogen and oxygen atoms in total. The Bertz CT molecular complexity index is 419. The van der Waals surface area contributed by atoms with E-state index in [1.807, 2.05) is 18.0 Å². The maximum atomic E-state index is 11.2. The summed E-state index contributed by atoms with van der Waals surface area (Å²) in [6.45, 7) is 3.44. The maximum absolute atomic E-state index is 11.2. The van der Waals surface area contributed by atoms with Gasteiger partial charge in [0.2, 0.25) is 0 Å². The second kappa shape index (κ2) is 7.62. The summed E-state index contributed by atoms with van der Waals surface area (Å²) in [5.74, 6) is 2.55. The molecule has 5 heteroatoms. The highest BCUT2D eigenvalue weighted by Crippen LogP contribution is 2.13. The van der Waals surface area contributed by atoms with Gasteiger partial charge >= 0.3 is 0 Å². The van der Waals surface area contributed by atoms with E-state index >= 15 is 0 Å². The lowest BCUT2D eigenvalue weighted by Crippen LogP contribution is -2.32. The second-order valence-electron chi connectivity index (χ2n) is 4.79. The Kier molecular flexibility index (Phi) is 5.82. The number of hydrogen-bond donors (Lipinski definition) is 1. The molecule has 0 aliphatic carbocycles. The van der Waals surface area contributed by atoms with Crippen molar-refractivity contribution < 1.29 is 4.79 Å². The molecule has 104 valence electrons. The number of aromatic nitrogens is 1. The molecule has 0 spiro atoms. The second-order valence-corrected chi connectivity index (χ2v) is 6.01. The molecule has 1 saturated heterocycles. The fraction of sp³-hybridized carbons (Fsp3) is 0.571. The Morgan fingerprint density at radius 3 is 2.95 bits per heavy atom. The fourth-order valence-electron chi connectivity index (χ4n) is 2.15. The molecule has 0 unspecified atom stereocenters. The Balaban J connectivity index is 1.88. The molecule has 1 aliphatic rings. The van der Waals surface area contributed by atoms with Gasteiger partial charge in [0, 0.05) is 49.5 Å². The van der Waals surface area contributed by atoms with Crippen LogP contribution in [-0.2, 0) is 17.8 Å². The van der Waals surface area contributed by atoms with Gasteiger partial charge in [-0.2, -0.15) is 11.8 Å². The fourth-order valence-corrected chi connectivity index (χ4v) is 3.13. The largest absolute Gasteiger partial charge is 0.324 e. The van der Waals surface area contributed by atoms with Crippen molar-refractivity contribution in [1.29, 1.82) is 0 Å². The number of hydrogen-bond acceptors (Lipinski definition) is 5. The van der Waals surface area contributed by atoms with Crippen molar-refractivity contribution in [3.05, 3.63) is 29.6 Å². The van der Waals surface area contributed by atoms with Gasteiger partial charge in [-0.3, -0.25) is 14.7 Å². The van der Waals surface area contributed by atoms with Gasteiger partial charge in [0.05, 0.1) is 6.54 Å². The predicted molar refractivity (Wildman–Crippen MR) is 79.2 cm³/mol. The van der Waals surface area contributed by atoms with Crippen LogP contribution in [0.25, 0.3) is 0 Å². The Labute approximate surface area is 118 Å². The van der Waals surface area contributed by atoms with Crippen molar-refractivity contribution in [1.82, 2.24) is 9.88 Å². The summed E-state index contributed by atoms with van der Waals surface area (Å²) in [5.41, 5.74) is 7.59. The zero-order chi connectivity index (χ0) is 13.5. The molecule has 19 heavy (non-hydrogen) atoms. The first-order valence-corrected chi connectivity index (χ1v) is 7.89. The lowest BCUT2D eigenvalue weighted by molar-refractivity contribution is -0.117. The molecule has 2 rings (SSSR count). The smallest absolute Gasteiger partial charge is 0.146 e. The van der Waals surface area contributed by atoms with Gasteiger partial charge in [-0.1, -0.05) is 0 Å². The number of pyridine rings is 1. The number of ketones is 1. The van der Waals surface area contributed by atoms with E-state index in [4.69, 9.17) is 5.73 Å². The van der Waals surface area contributed by atoms with Crippen LogP contribution in [0.5, 0.6) is 0 Å². The van der Waals surface area contributed by atoms with E-state index in [1.165, 1.54) is 17.1 Å². The molecule has 1 fully saturated rings. The Hall–Kier alpha value is -0.910. The summed E-state index contributed by atoms with van der Waals surface area (Å²) in [4.78, 5) is 18.0. The number of rotatable bonds is 6. The summed E-state index contributed by atoms with van der Waals surface area (Å²) >= 11 is 2.02. The molecule has 2 N–H and O–H groups in total. The lowest BCUT2D eigenvalue weighted by Gasteiger charge is -2.26. The van der Waals surface area contributed by atoms with Crippen molar-refractivity contribution in [2.24, 2.45) is 5.73 Å². The van der Waals surface area contributed by atoms with Gasteiger partial charge in [-0.25, -0.2) is 0 Å². The highest BCUT2D eigenvalue weighted by atomic mass is 32.2. The zero-order valence-corrected chi connectivity index (χ0v) is 12.0. The van der Waals surface area contributed by atoms with Crippen molar-refractivity contribution in [3.8, 4) is 0 Å². The minimum absolute atomic E-state index is 0.0975. The van der Waals surface area contributed by atoms with E-state index < -0.39 is 0 Å². The van der Waals surface area contributed by atoms with Gasteiger partial charge in [-0.05, 0) is 24.1 Å². The summed E-state index contributed by atoms with van der Waals surface area (Å²) in [6.07, 6.45) is 3.03. The molecule has 1 aromatic heterocycles. The van der Waals surface area contributed by atoms with E-state index in [0.717, 1.165) is 25.3 Å². The van der Waals surface area contributed by atoms with Crippen molar-refractivity contribution in [2.45, 2.75) is 19.4 Å².